The second kappa shape index (κ2) is 5.83. The largest absolute Gasteiger partial charge is 0.447 e. The van der Waals surface area contributed by atoms with Gasteiger partial charge in [0, 0.05) is 6.04 Å². The van der Waals surface area contributed by atoms with Gasteiger partial charge in [0.15, 0.2) is 6.39 Å². The molecule has 2 rings (SSSR count). The number of nitrogens with zero attached hydrogens (tertiary/aromatic N) is 1. The van der Waals surface area contributed by atoms with Gasteiger partial charge in [0.2, 0.25) is 0 Å². The molecule has 0 aliphatic heterocycles. The Labute approximate surface area is 108 Å². The molecule has 96 valence electrons. The van der Waals surface area contributed by atoms with Crippen molar-refractivity contribution >= 4 is 0 Å². The summed E-state index contributed by atoms with van der Waals surface area (Å²) in [7, 11) is 0. The maximum atomic E-state index is 5.20. The van der Waals surface area contributed by atoms with E-state index in [0.29, 0.717) is 18.5 Å². The van der Waals surface area contributed by atoms with Crippen molar-refractivity contribution in [1.29, 1.82) is 0 Å². The molecule has 0 spiro atoms. The predicted molar refractivity (Wildman–Crippen MR) is 72.3 cm³/mol. The Morgan fingerprint density at radius 2 is 1.78 bits per heavy atom. The number of benzene rings is 1. The van der Waals surface area contributed by atoms with Crippen LogP contribution in [0.2, 0.25) is 0 Å². The molecule has 3 heteroatoms. The second-order valence-corrected chi connectivity index (χ2v) is 4.89. The Morgan fingerprint density at radius 1 is 1.11 bits per heavy atom. The van der Waals surface area contributed by atoms with Crippen molar-refractivity contribution in [2.45, 2.75) is 39.3 Å². The Balaban J connectivity index is 1.94. The molecule has 1 atom stereocenters. The van der Waals surface area contributed by atoms with E-state index in [4.69, 9.17) is 4.42 Å². The predicted octanol–water partition coefficient (Wildman–Crippen LogP) is 3.65. The summed E-state index contributed by atoms with van der Waals surface area (Å²) in [6.45, 7) is 7.27. The van der Waals surface area contributed by atoms with E-state index < -0.39 is 0 Å². The molecule has 0 aliphatic rings. The van der Waals surface area contributed by atoms with Crippen molar-refractivity contribution in [2.24, 2.45) is 0 Å². The molecule has 1 aromatic carbocycles. The molecule has 1 N–H and O–H groups in total. The highest BCUT2D eigenvalue weighted by atomic mass is 16.3. The highest BCUT2D eigenvalue weighted by Crippen LogP contribution is 2.18. The molecule has 0 aliphatic carbocycles. The van der Waals surface area contributed by atoms with Gasteiger partial charge in [-0.15, -0.1) is 0 Å². The van der Waals surface area contributed by atoms with Crippen molar-refractivity contribution in [2.75, 3.05) is 0 Å². The number of hydrogen-bond donors (Lipinski definition) is 1. The van der Waals surface area contributed by atoms with Crippen LogP contribution in [0.15, 0.2) is 41.3 Å². The van der Waals surface area contributed by atoms with E-state index in [1.807, 2.05) is 0 Å². The van der Waals surface area contributed by atoms with E-state index in [1.54, 1.807) is 6.20 Å². The molecule has 0 saturated heterocycles. The van der Waals surface area contributed by atoms with Crippen LogP contribution in [0.5, 0.6) is 0 Å². The van der Waals surface area contributed by atoms with Gasteiger partial charge in [-0.05, 0) is 24.0 Å². The maximum absolute atomic E-state index is 5.20. The van der Waals surface area contributed by atoms with Crippen molar-refractivity contribution in [3.05, 3.63) is 53.7 Å². The van der Waals surface area contributed by atoms with E-state index in [-0.39, 0.29) is 0 Å². The van der Waals surface area contributed by atoms with Gasteiger partial charge in [0.25, 0.3) is 0 Å². The van der Waals surface area contributed by atoms with E-state index in [1.165, 1.54) is 17.5 Å². The Hall–Kier alpha value is -1.61. The van der Waals surface area contributed by atoms with Gasteiger partial charge in [-0.1, -0.05) is 38.1 Å². The first-order valence-electron chi connectivity index (χ1n) is 6.37. The smallest absolute Gasteiger partial charge is 0.180 e. The fraction of sp³-hybridized carbons (Fsp3) is 0.400. The maximum Gasteiger partial charge on any atom is 0.180 e. The highest BCUT2D eigenvalue weighted by molar-refractivity contribution is 5.26. The lowest BCUT2D eigenvalue weighted by molar-refractivity contribution is 0.458. The molecule has 18 heavy (non-hydrogen) atoms. The molecule has 0 radical (unpaired) electrons. The lowest BCUT2D eigenvalue weighted by atomic mass is 9.99. The van der Waals surface area contributed by atoms with Gasteiger partial charge in [0.1, 0.15) is 5.76 Å². The van der Waals surface area contributed by atoms with Gasteiger partial charge in [-0.3, -0.25) is 0 Å². The fourth-order valence-electron chi connectivity index (χ4n) is 1.87. The van der Waals surface area contributed by atoms with Crippen LogP contribution in [-0.4, -0.2) is 4.98 Å². The van der Waals surface area contributed by atoms with E-state index >= 15 is 0 Å². The first-order chi connectivity index (χ1) is 8.66. The lowest BCUT2D eigenvalue weighted by Crippen LogP contribution is -2.17. The molecule has 1 aromatic heterocycles. The normalized spacial score (nSPS) is 12.9. The van der Waals surface area contributed by atoms with Gasteiger partial charge < -0.3 is 9.73 Å². The van der Waals surface area contributed by atoms with Crippen LogP contribution in [-0.2, 0) is 6.54 Å². The SMILES string of the molecule is CC(C)c1ccc(C(C)NCc2cnco2)cc1. The van der Waals surface area contributed by atoms with Crippen LogP contribution in [0.4, 0.5) is 0 Å². The average molecular weight is 244 g/mol. The number of oxazole rings is 1. The Morgan fingerprint density at radius 3 is 2.33 bits per heavy atom. The molecule has 0 fully saturated rings. The van der Waals surface area contributed by atoms with Crippen LogP contribution in [0.25, 0.3) is 0 Å². The molecule has 1 heterocycles. The van der Waals surface area contributed by atoms with Gasteiger partial charge in [-0.25, -0.2) is 4.98 Å². The number of rotatable bonds is 5. The quantitative estimate of drug-likeness (QED) is 0.872. The van der Waals surface area contributed by atoms with Crippen LogP contribution in [0.3, 0.4) is 0 Å². The molecule has 0 amide bonds. The van der Waals surface area contributed by atoms with Gasteiger partial charge in [-0.2, -0.15) is 0 Å². The van der Waals surface area contributed by atoms with Gasteiger partial charge >= 0.3 is 0 Å². The molecule has 1 unspecified atom stereocenters. The van der Waals surface area contributed by atoms with Crippen LogP contribution >= 0.6 is 0 Å². The average Bonchev–Trinajstić information content (AvgIpc) is 2.89. The molecule has 0 bridgehead atoms. The van der Waals surface area contributed by atoms with E-state index in [2.05, 4.69) is 55.3 Å². The van der Waals surface area contributed by atoms with Crippen LogP contribution in [0, 0.1) is 0 Å². The summed E-state index contributed by atoms with van der Waals surface area (Å²) in [5.74, 6) is 1.44. The third kappa shape index (κ3) is 3.20. The highest BCUT2D eigenvalue weighted by Gasteiger charge is 2.06. The monoisotopic (exact) mass is 244 g/mol. The zero-order valence-electron chi connectivity index (χ0n) is 11.2. The minimum atomic E-state index is 0.302. The third-order valence-corrected chi connectivity index (χ3v) is 3.17. The number of nitrogens with one attached hydrogen (secondary N) is 1. The van der Waals surface area contributed by atoms with Crippen molar-refractivity contribution in [3.8, 4) is 0 Å². The summed E-state index contributed by atoms with van der Waals surface area (Å²) >= 11 is 0. The molecule has 3 nitrogen and oxygen atoms in total. The van der Waals surface area contributed by atoms with Crippen LogP contribution < -0.4 is 5.32 Å². The molecular formula is C15H20N2O. The van der Waals surface area contributed by atoms with Crippen molar-refractivity contribution in [1.82, 2.24) is 10.3 Å². The minimum Gasteiger partial charge on any atom is -0.447 e. The Kier molecular flexibility index (Phi) is 4.15. The Bertz CT molecular complexity index is 460. The summed E-state index contributed by atoms with van der Waals surface area (Å²) < 4.78 is 5.20. The van der Waals surface area contributed by atoms with Gasteiger partial charge in [0.05, 0.1) is 12.7 Å². The first-order valence-corrected chi connectivity index (χ1v) is 6.37. The van der Waals surface area contributed by atoms with E-state index in [0.717, 1.165) is 5.76 Å². The molecular weight excluding hydrogens is 224 g/mol. The number of hydrogen-bond acceptors (Lipinski definition) is 3. The summed E-state index contributed by atoms with van der Waals surface area (Å²) in [4.78, 5) is 3.90. The third-order valence-electron chi connectivity index (χ3n) is 3.17. The summed E-state index contributed by atoms with van der Waals surface area (Å²) in [5.41, 5.74) is 2.67. The standard InChI is InChI=1S/C15H20N2O/c1-11(2)13-4-6-14(7-5-13)12(3)17-9-15-8-16-10-18-15/h4-8,10-12,17H,9H2,1-3H3. The molecule has 2 aromatic rings. The summed E-state index contributed by atoms with van der Waals surface area (Å²) in [6, 6.07) is 9.08. The zero-order valence-corrected chi connectivity index (χ0v) is 11.2. The first kappa shape index (κ1) is 12.8. The zero-order chi connectivity index (χ0) is 13.0. The summed E-state index contributed by atoms with van der Waals surface area (Å²) in [5, 5.41) is 3.42. The minimum absolute atomic E-state index is 0.302. The fourth-order valence-corrected chi connectivity index (χ4v) is 1.87. The van der Waals surface area contributed by atoms with Crippen molar-refractivity contribution in [3.63, 3.8) is 0 Å². The topological polar surface area (TPSA) is 38.1 Å². The molecule has 0 saturated carbocycles. The summed E-state index contributed by atoms with van der Waals surface area (Å²) in [6.07, 6.45) is 3.20. The van der Waals surface area contributed by atoms with Crippen LogP contribution in [0.1, 0.15) is 49.6 Å². The van der Waals surface area contributed by atoms with E-state index in [9.17, 15) is 0 Å². The lowest BCUT2D eigenvalue weighted by Gasteiger charge is -2.14. The number of aromatic nitrogens is 1. The second-order valence-electron chi connectivity index (χ2n) is 4.89. The van der Waals surface area contributed by atoms with Crippen molar-refractivity contribution < 1.29 is 4.42 Å².